The van der Waals surface area contributed by atoms with Crippen molar-refractivity contribution >= 4 is 11.8 Å². The van der Waals surface area contributed by atoms with E-state index in [4.69, 9.17) is 9.47 Å². The number of hydrogen-bond acceptors (Lipinski definition) is 8. The molecule has 2 aliphatic heterocycles. The molecule has 2 amide bonds. The van der Waals surface area contributed by atoms with Gasteiger partial charge in [0.1, 0.15) is 35.5 Å². The number of carbonyl (C=O) groups is 2. The molecule has 10 nitrogen and oxygen atoms in total. The Labute approximate surface area is 234 Å². The highest BCUT2D eigenvalue weighted by atomic mass is 16.5. The van der Waals surface area contributed by atoms with Crippen molar-refractivity contribution in [2.45, 2.75) is 89.3 Å². The summed E-state index contributed by atoms with van der Waals surface area (Å²) in [6, 6.07) is 7.36. The van der Waals surface area contributed by atoms with Gasteiger partial charge in [-0.25, -0.2) is 0 Å². The zero-order valence-electron chi connectivity index (χ0n) is 22.9. The highest BCUT2D eigenvalue weighted by Crippen LogP contribution is 2.49. The summed E-state index contributed by atoms with van der Waals surface area (Å²) in [5.41, 5.74) is -0.0329. The van der Waals surface area contributed by atoms with E-state index in [0.717, 1.165) is 38.5 Å². The molecule has 4 aliphatic rings. The van der Waals surface area contributed by atoms with Gasteiger partial charge < -0.3 is 20.1 Å². The molecule has 0 atom stereocenters. The summed E-state index contributed by atoms with van der Waals surface area (Å²) in [5, 5.41) is 43.5. The van der Waals surface area contributed by atoms with E-state index in [-0.39, 0.29) is 46.9 Å². The molecule has 4 rings (SSSR count). The molecule has 2 aliphatic carbocycles. The van der Waals surface area contributed by atoms with E-state index in [2.05, 4.69) is 10.6 Å². The predicted molar refractivity (Wildman–Crippen MR) is 142 cm³/mol. The molecule has 0 unspecified atom stereocenters. The number of nitriles is 4. The number of nitrogens with zero attached hydrogens (tertiary/aromatic N) is 4. The van der Waals surface area contributed by atoms with Crippen molar-refractivity contribution in [2.24, 2.45) is 0 Å². The molecule has 0 saturated heterocycles. The summed E-state index contributed by atoms with van der Waals surface area (Å²) in [5.74, 6) is -0.930. The summed E-state index contributed by atoms with van der Waals surface area (Å²) in [7, 11) is 0. The Morgan fingerprint density at radius 3 is 1.27 bits per heavy atom. The van der Waals surface area contributed by atoms with Crippen LogP contribution in [0.1, 0.15) is 78.1 Å². The Morgan fingerprint density at radius 1 is 0.650 bits per heavy atom. The lowest BCUT2D eigenvalue weighted by molar-refractivity contribution is -0.119. The lowest BCUT2D eigenvalue weighted by Crippen LogP contribution is -2.36. The summed E-state index contributed by atoms with van der Waals surface area (Å²) in [4.78, 5) is 26.6. The van der Waals surface area contributed by atoms with Gasteiger partial charge in [0.25, 0.3) is 11.8 Å². The van der Waals surface area contributed by atoms with Crippen molar-refractivity contribution in [3.63, 3.8) is 0 Å². The first-order valence-corrected chi connectivity index (χ1v) is 13.7. The minimum absolute atomic E-state index is 0.0166. The van der Waals surface area contributed by atoms with Crippen LogP contribution in [-0.4, -0.2) is 36.1 Å². The van der Waals surface area contributed by atoms with Gasteiger partial charge in [0, 0.05) is 13.1 Å². The normalized spacial score (nSPS) is 20.6. The molecule has 2 spiro atoms. The van der Waals surface area contributed by atoms with E-state index >= 15 is 0 Å². The fourth-order valence-corrected chi connectivity index (χ4v) is 6.32. The van der Waals surface area contributed by atoms with Gasteiger partial charge in [0.2, 0.25) is 0 Å². The topological polar surface area (TPSA) is 172 Å². The summed E-state index contributed by atoms with van der Waals surface area (Å²) < 4.78 is 12.3. The number of allylic oxidation sites excluding steroid dienone is 2. The van der Waals surface area contributed by atoms with Crippen LogP contribution in [0.3, 0.4) is 0 Å². The minimum Gasteiger partial charge on any atom is -0.480 e. The molecule has 40 heavy (non-hydrogen) atoms. The van der Waals surface area contributed by atoms with Gasteiger partial charge in [0.15, 0.2) is 22.7 Å². The highest BCUT2D eigenvalue weighted by Gasteiger charge is 2.48. The molecule has 2 fully saturated rings. The molecule has 0 radical (unpaired) electrons. The van der Waals surface area contributed by atoms with Crippen molar-refractivity contribution in [1.29, 1.82) is 21.0 Å². The van der Waals surface area contributed by atoms with Crippen LogP contribution in [0.5, 0.6) is 0 Å². The van der Waals surface area contributed by atoms with E-state index in [1.807, 2.05) is 38.1 Å². The first kappa shape index (κ1) is 28.5. The second kappa shape index (κ2) is 11.7. The van der Waals surface area contributed by atoms with Gasteiger partial charge in [-0.3, -0.25) is 9.59 Å². The van der Waals surface area contributed by atoms with Crippen molar-refractivity contribution < 1.29 is 19.1 Å². The number of nitrogens with one attached hydrogen (secondary N) is 2. The SMILES string of the molecule is CC1=C(C(=O)NCCNC(=O)C2=C(C)C3(CCCCC3)OC2=C(C#N)C#N)C(=C(C#N)C#N)OC12CCCCC2. The quantitative estimate of drug-likeness (QED) is 0.390. The number of hydrogen-bond donors (Lipinski definition) is 2. The van der Waals surface area contributed by atoms with Gasteiger partial charge >= 0.3 is 0 Å². The van der Waals surface area contributed by atoms with Crippen LogP contribution in [0.2, 0.25) is 0 Å². The van der Waals surface area contributed by atoms with Crippen LogP contribution in [0.25, 0.3) is 0 Å². The first-order chi connectivity index (χ1) is 19.3. The fraction of sp³-hybridized carbons (Fsp3) is 0.533. The van der Waals surface area contributed by atoms with Gasteiger partial charge in [-0.1, -0.05) is 12.8 Å². The van der Waals surface area contributed by atoms with Crippen LogP contribution in [0.4, 0.5) is 0 Å². The zero-order chi connectivity index (χ0) is 28.9. The smallest absolute Gasteiger partial charge is 0.255 e. The van der Waals surface area contributed by atoms with Gasteiger partial charge in [0.05, 0.1) is 11.1 Å². The van der Waals surface area contributed by atoms with Crippen molar-refractivity contribution in [3.8, 4) is 24.3 Å². The van der Waals surface area contributed by atoms with E-state index in [1.165, 1.54) is 0 Å². The molecule has 0 aromatic rings. The molecule has 2 saturated carbocycles. The lowest BCUT2D eigenvalue weighted by Gasteiger charge is -2.34. The maximum absolute atomic E-state index is 13.3. The molecule has 0 aromatic carbocycles. The fourth-order valence-electron chi connectivity index (χ4n) is 6.32. The molecule has 0 bridgehead atoms. The van der Waals surface area contributed by atoms with Crippen LogP contribution < -0.4 is 10.6 Å². The second-order valence-corrected chi connectivity index (χ2v) is 10.7. The van der Waals surface area contributed by atoms with Gasteiger partial charge in [-0.05, 0) is 76.4 Å². The van der Waals surface area contributed by atoms with Crippen LogP contribution >= 0.6 is 0 Å². The van der Waals surface area contributed by atoms with Crippen molar-refractivity contribution in [1.82, 2.24) is 10.6 Å². The highest BCUT2D eigenvalue weighted by molar-refractivity contribution is 6.01. The van der Waals surface area contributed by atoms with E-state index in [9.17, 15) is 30.6 Å². The van der Waals surface area contributed by atoms with Crippen molar-refractivity contribution in [2.75, 3.05) is 13.1 Å². The number of amides is 2. The Morgan fingerprint density at radius 2 is 0.975 bits per heavy atom. The van der Waals surface area contributed by atoms with Crippen LogP contribution in [0.15, 0.2) is 45.0 Å². The number of rotatable bonds is 5. The second-order valence-electron chi connectivity index (χ2n) is 10.7. The number of carbonyl (C=O) groups excluding carboxylic acids is 2. The third kappa shape index (κ3) is 4.94. The summed E-state index contributed by atoms with van der Waals surface area (Å²) in [6.45, 7) is 3.76. The molecular formula is C30H32N6O4. The first-order valence-electron chi connectivity index (χ1n) is 13.7. The monoisotopic (exact) mass is 540 g/mol. The summed E-state index contributed by atoms with van der Waals surface area (Å²) >= 11 is 0. The molecule has 0 aromatic heterocycles. The molecule has 2 N–H and O–H groups in total. The minimum atomic E-state index is -0.684. The molecule has 2 heterocycles. The standard InChI is InChI=1S/C30H32N6O4/c1-19-23(25(21(15-31)16-32)39-29(19)9-5-3-6-10-29)27(37)35-13-14-36-28(38)24-20(2)30(11-7-4-8-12-30)40-26(24)22(17-33)18-34/h3-14H2,1-2H3,(H,35,37)(H,36,38). The zero-order valence-corrected chi connectivity index (χ0v) is 22.9. The van der Waals surface area contributed by atoms with Crippen LogP contribution in [-0.2, 0) is 19.1 Å². The Balaban J connectivity index is 1.49. The van der Waals surface area contributed by atoms with Crippen molar-refractivity contribution in [3.05, 3.63) is 45.0 Å². The number of ether oxygens (including phenoxy) is 2. The predicted octanol–water partition coefficient (Wildman–Crippen LogP) is 3.92. The largest absolute Gasteiger partial charge is 0.480 e. The average Bonchev–Trinajstić information content (AvgIpc) is 3.39. The third-order valence-electron chi connectivity index (χ3n) is 8.54. The third-order valence-corrected chi connectivity index (χ3v) is 8.54. The summed E-state index contributed by atoms with van der Waals surface area (Å²) in [6.07, 6.45) is 8.66. The average molecular weight is 541 g/mol. The molecule has 10 heteroatoms. The Bertz CT molecular complexity index is 1270. The van der Waals surface area contributed by atoms with E-state index in [0.29, 0.717) is 36.8 Å². The lowest BCUT2D eigenvalue weighted by atomic mass is 9.79. The Hall–Kier alpha value is -4.54. The maximum atomic E-state index is 13.3. The van der Waals surface area contributed by atoms with Gasteiger partial charge in [-0.15, -0.1) is 0 Å². The van der Waals surface area contributed by atoms with E-state index in [1.54, 1.807) is 0 Å². The Kier molecular flexibility index (Phi) is 8.32. The van der Waals surface area contributed by atoms with Crippen LogP contribution in [0, 0.1) is 45.3 Å². The maximum Gasteiger partial charge on any atom is 0.255 e. The molecular weight excluding hydrogens is 508 g/mol. The van der Waals surface area contributed by atoms with Gasteiger partial charge in [-0.2, -0.15) is 21.0 Å². The van der Waals surface area contributed by atoms with E-state index < -0.39 is 23.0 Å². The molecule has 206 valence electrons.